The zero-order valence-electron chi connectivity index (χ0n) is 9.60. The minimum absolute atomic E-state index is 0.249. The summed E-state index contributed by atoms with van der Waals surface area (Å²) in [7, 11) is 1.61. The normalized spacial score (nSPS) is 11.6. The molecule has 0 aliphatic heterocycles. The van der Waals surface area contributed by atoms with Gasteiger partial charge in [-0.15, -0.1) is 0 Å². The van der Waals surface area contributed by atoms with Crippen molar-refractivity contribution in [2.24, 2.45) is 0 Å². The molecule has 1 aromatic rings. The Morgan fingerprint density at radius 2 is 2.31 bits per heavy atom. The zero-order valence-corrected chi connectivity index (χ0v) is 9.60. The number of rotatable bonds is 5. The summed E-state index contributed by atoms with van der Waals surface area (Å²) in [5, 5.41) is 0. The Kier molecular flexibility index (Phi) is 4.58. The molecule has 86 valence electrons. The Balaban J connectivity index is 2.85. The highest BCUT2D eigenvalue weighted by molar-refractivity contribution is 5.81. The highest BCUT2D eigenvalue weighted by Gasteiger charge is 2.13. The van der Waals surface area contributed by atoms with Crippen molar-refractivity contribution >= 4 is 5.97 Å². The molecule has 0 saturated heterocycles. The van der Waals surface area contributed by atoms with Gasteiger partial charge < -0.3 is 9.47 Å². The number of hydrogen-bond acceptors (Lipinski definition) is 3. The van der Waals surface area contributed by atoms with Crippen molar-refractivity contribution in [3.05, 3.63) is 42.5 Å². The summed E-state index contributed by atoms with van der Waals surface area (Å²) in [6.45, 7) is 5.33. The van der Waals surface area contributed by atoms with Crippen LogP contribution in [0.25, 0.3) is 0 Å². The number of ether oxygens (including phenoxy) is 2. The summed E-state index contributed by atoms with van der Waals surface area (Å²) in [5.41, 5.74) is 0.928. The number of carbonyl (C=O) groups excluding carboxylic acids is 1. The van der Waals surface area contributed by atoms with E-state index < -0.39 is 5.97 Å². The molecular weight excluding hydrogens is 204 g/mol. The highest BCUT2D eigenvalue weighted by atomic mass is 16.5. The fourth-order valence-corrected chi connectivity index (χ4v) is 1.42. The summed E-state index contributed by atoms with van der Waals surface area (Å²) < 4.78 is 10.3. The SMILES string of the molecule is C=CC(=O)OC(CC)c1cccc(OC)c1. The maximum Gasteiger partial charge on any atom is 0.330 e. The van der Waals surface area contributed by atoms with Crippen LogP contribution in [0.4, 0.5) is 0 Å². The fraction of sp³-hybridized carbons (Fsp3) is 0.308. The molecule has 0 fully saturated rings. The van der Waals surface area contributed by atoms with Gasteiger partial charge in [-0.2, -0.15) is 0 Å². The molecule has 0 aliphatic rings. The zero-order chi connectivity index (χ0) is 12.0. The fourth-order valence-electron chi connectivity index (χ4n) is 1.42. The summed E-state index contributed by atoms with van der Waals surface area (Å²) >= 11 is 0. The molecule has 3 nitrogen and oxygen atoms in total. The summed E-state index contributed by atoms with van der Waals surface area (Å²) in [6, 6.07) is 7.50. The lowest BCUT2D eigenvalue weighted by atomic mass is 10.1. The molecule has 1 atom stereocenters. The lowest BCUT2D eigenvalue weighted by Crippen LogP contribution is -2.08. The predicted molar refractivity (Wildman–Crippen MR) is 62.3 cm³/mol. The number of benzene rings is 1. The first kappa shape index (κ1) is 12.3. The van der Waals surface area contributed by atoms with Crippen molar-refractivity contribution in [1.29, 1.82) is 0 Å². The average molecular weight is 220 g/mol. The Bertz CT molecular complexity index is 371. The summed E-state index contributed by atoms with van der Waals surface area (Å²) in [5.74, 6) is 0.347. The Hall–Kier alpha value is -1.77. The van der Waals surface area contributed by atoms with Gasteiger partial charge in [-0.25, -0.2) is 4.79 Å². The Labute approximate surface area is 95.7 Å². The van der Waals surface area contributed by atoms with Gasteiger partial charge in [0.25, 0.3) is 0 Å². The number of esters is 1. The van der Waals surface area contributed by atoms with Gasteiger partial charge in [0.05, 0.1) is 7.11 Å². The first-order valence-corrected chi connectivity index (χ1v) is 5.18. The number of methoxy groups -OCH3 is 1. The average Bonchev–Trinajstić information content (AvgIpc) is 2.35. The van der Waals surface area contributed by atoms with Crippen LogP contribution in [0.15, 0.2) is 36.9 Å². The third kappa shape index (κ3) is 3.12. The topological polar surface area (TPSA) is 35.5 Å². The third-order valence-corrected chi connectivity index (χ3v) is 2.26. The van der Waals surface area contributed by atoms with Gasteiger partial charge in [-0.1, -0.05) is 25.6 Å². The molecule has 0 radical (unpaired) electrons. The van der Waals surface area contributed by atoms with Crippen molar-refractivity contribution in [3.63, 3.8) is 0 Å². The van der Waals surface area contributed by atoms with E-state index in [1.54, 1.807) is 7.11 Å². The molecular formula is C13H16O3. The molecule has 0 aliphatic carbocycles. The van der Waals surface area contributed by atoms with Gasteiger partial charge in [0.2, 0.25) is 0 Å². The quantitative estimate of drug-likeness (QED) is 0.565. The highest BCUT2D eigenvalue weighted by Crippen LogP contribution is 2.24. The van der Waals surface area contributed by atoms with Gasteiger partial charge in [0.15, 0.2) is 0 Å². The Morgan fingerprint density at radius 1 is 1.56 bits per heavy atom. The largest absolute Gasteiger partial charge is 0.497 e. The molecule has 16 heavy (non-hydrogen) atoms. The van der Waals surface area contributed by atoms with Crippen LogP contribution in [0.2, 0.25) is 0 Å². The van der Waals surface area contributed by atoms with Crippen molar-refractivity contribution in [1.82, 2.24) is 0 Å². The van der Waals surface area contributed by atoms with Crippen LogP contribution >= 0.6 is 0 Å². The van der Waals surface area contributed by atoms with E-state index in [2.05, 4.69) is 6.58 Å². The van der Waals surface area contributed by atoms with E-state index in [4.69, 9.17) is 9.47 Å². The van der Waals surface area contributed by atoms with Gasteiger partial charge >= 0.3 is 5.97 Å². The molecule has 0 N–H and O–H groups in total. The molecule has 0 aromatic heterocycles. The Morgan fingerprint density at radius 3 is 2.88 bits per heavy atom. The summed E-state index contributed by atoms with van der Waals surface area (Å²) in [6.07, 6.45) is 1.64. The van der Waals surface area contributed by atoms with Crippen LogP contribution in [-0.4, -0.2) is 13.1 Å². The smallest absolute Gasteiger partial charge is 0.330 e. The minimum Gasteiger partial charge on any atom is -0.497 e. The van der Waals surface area contributed by atoms with Crippen molar-refractivity contribution in [2.75, 3.05) is 7.11 Å². The van der Waals surface area contributed by atoms with E-state index in [1.807, 2.05) is 31.2 Å². The van der Waals surface area contributed by atoms with Crippen molar-refractivity contribution in [3.8, 4) is 5.75 Å². The maximum atomic E-state index is 11.1. The van der Waals surface area contributed by atoms with E-state index in [0.717, 1.165) is 11.3 Å². The van der Waals surface area contributed by atoms with Gasteiger partial charge in [-0.05, 0) is 24.1 Å². The van der Waals surface area contributed by atoms with Crippen LogP contribution < -0.4 is 4.74 Å². The lowest BCUT2D eigenvalue weighted by Gasteiger charge is -2.16. The predicted octanol–water partition coefficient (Wildman–Crippen LogP) is 2.88. The molecule has 0 saturated carbocycles. The standard InChI is InChI=1S/C13H16O3/c1-4-12(16-13(14)5-2)10-7-6-8-11(9-10)15-3/h5-9,12H,2,4H2,1,3H3. The first-order valence-electron chi connectivity index (χ1n) is 5.18. The van der Waals surface area contributed by atoms with E-state index in [0.29, 0.717) is 6.42 Å². The second kappa shape index (κ2) is 5.95. The molecule has 0 amide bonds. The van der Waals surface area contributed by atoms with E-state index in [9.17, 15) is 4.79 Å². The second-order valence-corrected chi connectivity index (χ2v) is 3.31. The van der Waals surface area contributed by atoms with E-state index >= 15 is 0 Å². The van der Waals surface area contributed by atoms with Gasteiger partial charge in [0, 0.05) is 6.08 Å². The van der Waals surface area contributed by atoms with Crippen LogP contribution in [0.3, 0.4) is 0 Å². The molecule has 1 aromatic carbocycles. The van der Waals surface area contributed by atoms with E-state index in [1.165, 1.54) is 6.08 Å². The minimum atomic E-state index is -0.408. The second-order valence-electron chi connectivity index (χ2n) is 3.31. The molecule has 0 bridgehead atoms. The molecule has 1 unspecified atom stereocenters. The van der Waals surface area contributed by atoms with Crippen LogP contribution in [0.5, 0.6) is 5.75 Å². The van der Waals surface area contributed by atoms with Crippen molar-refractivity contribution < 1.29 is 14.3 Å². The monoisotopic (exact) mass is 220 g/mol. The van der Waals surface area contributed by atoms with Crippen LogP contribution in [-0.2, 0) is 9.53 Å². The molecule has 0 heterocycles. The van der Waals surface area contributed by atoms with Crippen LogP contribution in [0, 0.1) is 0 Å². The van der Waals surface area contributed by atoms with Crippen molar-refractivity contribution in [2.45, 2.75) is 19.4 Å². The number of hydrogen-bond donors (Lipinski definition) is 0. The van der Waals surface area contributed by atoms with Gasteiger partial charge in [0.1, 0.15) is 11.9 Å². The van der Waals surface area contributed by atoms with Crippen LogP contribution in [0.1, 0.15) is 25.0 Å². The molecule has 3 heteroatoms. The summed E-state index contributed by atoms with van der Waals surface area (Å²) in [4.78, 5) is 11.1. The molecule has 1 rings (SSSR count). The first-order chi connectivity index (χ1) is 7.71. The van der Waals surface area contributed by atoms with E-state index in [-0.39, 0.29) is 6.10 Å². The third-order valence-electron chi connectivity index (χ3n) is 2.26. The van der Waals surface area contributed by atoms with Gasteiger partial charge in [-0.3, -0.25) is 0 Å². The lowest BCUT2D eigenvalue weighted by molar-refractivity contribution is -0.143. The number of carbonyl (C=O) groups is 1. The maximum absolute atomic E-state index is 11.1. The molecule has 0 spiro atoms.